The average molecular weight is 262 g/mol. The minimum Gasteiger partial charge on any atom is -0.387 e. The Morgan fingerprint density at radius 2 is 2.26 bits per heavy atom. The molecule has 1 saturated heterocycles. The molecule has 1 aliphatic heterocycles. The molecule has 0 aliphatic carbocycles. The Kier molecular flexibility index (Phi) is 4.80. The number of anilines is 1. The smallest absolute Gasteiger partial charge is 0.256 e. The van der Waals surface area contributed by atoms with Crippen LogP contribution in [0.5, 0.6) is 0 Å². The van der Waals surface area contributed by atoms with Crippen LogP contribution in [0, 0.1) is 0 Å². The monoisotopic (exact) mass is 262 g/mol. The number of likely N-dealkylation sites (N-methyl/N-ethyl adjacent to an activating group) is 1. The number of hydrogen-bond acceptors (Lipinski definition) is 3. The summed E-state index contributed by atoms with van der Waals surface area (Å²) in [5, 5.41) is 3.07. The van der Waals surface area contributed by atoms with E-state index in [1.165, 1.54) is 0 Å². The fraction of sp³-hybridized carbons (Fsp3) is 0.533. The van der Waals surface area contributed by atoms with Crippen molar-refractivity contribution in [1.82, 2.24) is 4.90 Å². The average Bonchev–Trinajstić information content (AvgIpc) is 2.97. The summed E-state index contributed by atoms with van der Waals surface area (Å²) in [6.07, 6.45) is 2.35. The van der Waals surface area contributed by atoms with Gasteiger partial charge >= 0.3 is 0 Å². The number of benzene rings is 1. The van der Waals surface area contributed by atoms with Gasteiger partial charge in [-0.25, -0.2) is 0 Å². The predicted molar refractivity (Wildman–Crippen MR) is 76.5 cm³/mol. The van der Waals surface area contributed by atoms with Crippen LogP contribution in [0.2, 0.25) is 0 Å². The van der Waals surface area contributed by atoms with E-state index in [9.17, 15) is 4.79 Å². The Labute approximate surface area is 114 Å². The molecule has 19 heavy (non-hydrogen) atoms. The van der Waals surface area contributed by atoms with Crippen LogP contribution in [-0.4, -0.2) is 43.7 Å². The van der Waals surface area contributed by atoms with Crippen molar-refractivity contribution < 1.29 is 9.53 Å². The summed E-state index contributed by atoms with van der Waals surface area (Å²) in [5.74, 6) is 0.0722. The Balaban J connectivity index is 2.10. The van der Waals surface area contributed by atoms with Crippen molar-refractivity contribution in [3.63, 3.8) is 0 Å². The van der Waals surface area contributed by atoms with Gasteiger partial charge in [0.15, 0.2) is 0 Å². The van der Waals surface area contributed by atoms with Gasteiger partial charge in [0.1, 0.15) is 0 Å². The minimum atomic E-state index is 0.0722. The molecule has 2 rings (SSSR count). The number of nitrogens with zero attached hydrogens (tertiary/aromatic N) is 1. The lowest BCUT2D eigenvalue weighted by Crippen LogP contribution is -2.37. The van der Waals surface area contributed by atoms with Crippen molar-refractivity contribution in [2.75, 3.05) is 32.1 Å². The van der Waals surface area contributed by atoms with E-state index in [1.807, 2.05) is 43.1 Å². The molecule has 0 spiro atoms. The van der Waals surface area contributed by atoms with Crippen molar-refractivity contribution in [1.29, 1.82) is 0 Å². The molecule has 104 valence electrons. The van der Waals surface area contributed by atoms with Gasteiger partial charge in [0, 0.05) is 32.4 Å². The van der Waals surface area contributed by atoms with Gasteiger partial charge in [0.25, 0.3) is 5.91 Å². The Morgan fingerprint density at radius 1 is 1.47 bits per heavy atom. The number of para-hydroxylation sites is 1. The summed E-state index contributed by atoms with van der Waals surface area (Å²) < 4.78 is 5.62. The third-order valence-corrected chi connectivity index (χ3v) is 3.54. The molecule has 1 atom stereocenters. The maximum atomic E-state index is 12.6. The number of nitrogens with one attached hydrogen (secondary N) is 1. The number of carbonyl (C=O) groups is 1. The first-order chi connectivity index (χ1) is 9.26. The first-order valence-electron chi connectivity index (χ1n) is 6.94. The van der Waals surface area contributed by atoms with Gasteiger partial charge in [-0.1, -0.05) is 12.1 Å². The third-order valence-electron chi connectivity index (χ3n) is 3.54. The molecule has 4 nitrogen and oxygen atoms in total. The van der Waals surface area contributed by atoms with E-state index >= 15 is 0 Å². The van der Waals surface area contributed by atoms with Crippen molar-refractivity contribution >= 4 is 11.6 Å². The number of rotatable bonds is 5. The normalized spacial score (nSPS) is 18.3. The summed E-state index contributed by atoms with van der Waals surface area (Å²) in [4.78, 5) is 14.4. The van der Waals surface area contributed by atoms with Gasteiger partial charge < -0.3 is 15.0 Å². The van der Waals surface area contributed by atoms with E-state index in [0.29, 0.717) is 13.1 Å². The van der Waals surface area contributed by atoms with E-state index in [4.69, 9.17) is 4.74 Å². The zero-order chi connectivity index (χ0) is 13.7. The van der Waals surface area contributed by atoms with Crippen LogP contribution in [0.15, 0.2) is 24.3 Å². The summed E-state index contributed by atoms with van der Waals surface area (Å²) in [5.41, 5.74) is 1.60. The second kappa shape index (κ2) is 6.57. The lowest BCUT2D eigenvalue weighted by molar-refractivity contribution is 0.0540. The number of hydrogen-bond donors (Lipinski definition) is 1. The molecule has 0 aromatic heterocycles. The first kappa shape index (κ1) is 13.9. The van der Waals surface area contributed by atoms with E-state index in [-0.39, 0.29) is 12.0 Å². The van der Waals surface area contributed by atoms with E-state index in [2.05, 4.69) is 5.32 Å². The van der Waals surface area contributed by atoms with Crippen LogP contribution in [0.4, 0.5) is 5.69 Å². The second-order valence-electron chi connectivity index (χ2n) is 4.77. The van der Waals surface area contributed by atoms with Gasteiger partial charge in [0.05, 0.1) is 11.7 Å². The highest BCUT2D eigenvalue weighted by atomic mass is 16.5. The molecule has 1 aliphatic rings. The van der Waals surface area contributed by atoms with Crippen molar-refractivity contribution in [2.45, 2.75) is 25.9 Å². The zero-order valence-corrected chi connectivity index (χ0v) is 11.7. The number of amides is 1. The second-order valence-corrected chi connectivity index (χ2v) is 4.77. The van der Waals surface area contributed by atoms with Crippen LogP contribution < -0.4 is 5.32 Å². The molecule has 1 heterocycles. The maximum absolute atomic E-state index is 12.6. The maximum Gasteiger partial charge on any atom is 0.256 e. The summed E-state index contributed by atoms with van der Waals surface area (Å²) in [6.45, 7) is 4.22. The number of ether oxygens (including phenoxy) is 1. The Bertz CT molecular complexity index is 428. The van der Waals surface area contributed by atoms with Crippen LogP contribution in [0.3, 0.4) is 0 Å². The summed E-state index contributed by atoms with van der Waals surface area (Å²) in [7, 11) is 1.84. The zero-order valence-electron chi connectivity index (χ0n) is 11.7. The molecular formula is C15H22N2O2. The molecule has 0 saturated carbocycles. The van der Waals surface area contributed by atoms with Crippen LogP contribution >= 0.6 is 0 Å². The third kappa shape index (κ3) is 3.26. The lowest BCUT2D eigenvalue weighted by atomic mass is 10.1. The van der Waals surface area contributed by atoms with Gasteiger partial charge in [0.2, 0.25) is 0 Å². The van der Waals surface area contributed by atoms with E-state index in [0.717, 1.165) is 30.7 Å². The van der Waals surface area contributed by atoms with Gasteiger partial charge in [-0.05, 0) is 31.9 Å². The summed E-state index contributed by atoms with van der Waals surface area (Å²) in [6, 6.07) is 7.62. The molecule has 1 amide bonds. The quantitative estimate of drug-likeness (QED) is 0.885. The van der Waals surface area contributed by atoms with Crippen molar-refractivity contribution in [3.8, 4) is 0 Å². The first-order valence-corrected chi connectivity index (χ1v) is 6.94. The Hall–Kier alpha value is -1.55. The SMILES string of the molecule is CCN(CC1CCCO1)C(=O)c1ccccc1NC. The number of carbonyl (C=O) groups excluding carboxylic acids is 1. The molecular weight excluding hydrogens is 240 g/mol. The highest BCUT2D eigenvalue weighted by Crippen LogP contribution is 2.19. The topological polar surface area (TPSA) is 41.6 Å². The molecule has 1 aromatic carbocycles. The standard InChI is InChI=1S/C15H22N2O2/c1-3-17(11-12-7-6-10-19-12)15(18)13-8-4-5-9-14(13)16-2/h4-5,8-9,12,16H,3,6-7,10-11H2,1-2H3. The molecule has 0 radical (unpaired) electrons. The predicted octanol–water partition coefficient (Wildman–Crippen LogP) is 2.37. The van der Waals surface area contributed by atoms with Gasteiger partial charge in [-0.3, -0.25) is 4.79 Å². The van der Waals surface area contributed by atoms with Crippen LogP contribution in [0.1, 0.15) is 30.1 Å². The van der Waals surface area contributed by atoms with E-state index in [1.54, 1.807) is 0 Å². The summed E-state index contributed by atoms with van der Waals surface area (Å²) >= 11 is 0. The van der Waals surface area contributed by atoms with Crippen LogP contribution in [-0.2, 0) is 4.74 Å². The van der Waals surface area contributed by atoms with Gasteiger partial charge in [-0.2, -0.15) is 0 Å². The fourth-order valence-corrected chi connectivity index (χ4v) is 2.45. The lowest BCUT2D eigenvalue weighted by Gasteiger charge is -2.25. The molecule has 4 heteroatoms. The molecule has 1 unspecified atom stereocenters. The Morgan fingerprint density at radius 3 is 2.89 bits per heavy atom. The van der Waals surface area contributed by atoms with Crippen LogP contribution in [0.25, 0.3) is 0 Å². The highest BCUT2D eigenvalue weighted by Gasteiger charge is 2.23. The van der Waals surface area contributed by atoms with Crippen molar-refractivity contribution in [2.24, 2.45) is 0 Å². The molecule has 1 fully saturated rings. The molecule has 1 aromatic rings. The molecule has 1 N–H and O–H groups in total. The fourth-order valence-electron chi connectivity index (χ4n) is 2.45. The van der Waals surface area contributed by atoms with E-state index < -0.39 is 0 Å². The van der Waals surface area contributed by atoms with Gasteiger partial charge in [-0.15, -0.1) is 0 Å². The largest absolute Gasteiger partial charge is 0.387 e. The highest BCUT2D eigenvalue weighted by molar-refractivity contribution is 5.99. The minimum absolute atomic E-state index is 0.0722. The van der Waals surface area contributed by atoms with Crippen molar-refractivity contribution in [3.05, 3.63) is 29.8 Å². The molecule has 0 bridgehead atoms.